The number of hydrogen-bond donors (Lipinski definition) is 2. The summed E-state index contributed by atoms with van der Waals surface area (Å²) < 4.78 is 24.3. The maximum Gasteiger partial charge on any atom is 0.257 e. The number of ether oxygens (including phenoxy) is 2. The normalized spacial score (nSPS) is 15.0. The molecule has 1 amide bonds. The molecule has 3 aromatic rings. The molecule has 2 N–H and O–H groups in total. The van der Waals surface area contributed by atoms with Gasteiger partial charge in [-0.1, -0.05) is 36.9 Å². The Morgan fingerprint density at radius 1 is 1.15 bits per heavy atom. The molecule has 0 saturated heterocycles. The number of halogens is 1. The van der Waals surface area contributed by atoms with E-state index in [0.29, 0.717) is 34.6 Å². The van der Waals surface area contributed by atoms with Crippen LogP contribution in [0.25, 0.3) is 0 Å². The van der Waals surface area contributed by atoms with Crippen LogP contribution in [0.15, 0.2) is 52.4 Å². The number of anilines is 1. The van der Waals surface area contributed by atoms with Crippen LogP contribution in [-0.2, 0) is 10.5 Å². The lowest BCUT2D eigenvalue weighted by molar-refractivity contribution is -0.116. The van der Waals surface area contributed by atoms with Crippen molar-refractivity contribution in [3.63, 3.8) is 0 Å². The first-order chi connectivity index (χ1) is 16.0. The third kappa shape index (κ3) is 5.19. The van der Waals surface area contributed by atoms with Gasteiger partial charge in [-0.3, -0.25) is 9.59 Å². The standard InChI is InChI=1S/C24H24FN3O4S/c1-3-10-32-18-9-6-15(11-19(18)31-2)17-12-20(29)26-22-21(17)23(30)28-24(27-22)33-13-14-4-7-16(25)8-5-14/h4-9,11,17H,3,10,12-13H2,1-2H3,(H2,26,27,28,29,30)/t17-/m0/s1. The van der Waals surface area contributed by atoms with E-state index in [1.807, 2.05) is 13.0 Å². The van der Waals surface area contributed by atoms with E-state index in [4.69, 9.17) is 9.47 Å². The molecule has 172 valence electrons. The van der Waals surface area contributed by atoms with Crippen LogP contribution >= 0.6 is 11.8 Å². The zero-order chi connectivity index (χ0) is 23.4. The molecule has 1 aliphatic rings. The smallest absolute Gasteiger partial charge is 0.257 e. The van der Waals surface area contributed by atoms with E-state index in [1.165, 1.54) is 23.9 Å². The minimum Gasteiger partial charge on any atom is -0.493 e. The fourth-order valence-electron chi connectivity index (χ4n) is 3.67. The number of rotatable bonds is 8. The van der Waals surface area contributed by atoms with Crippen molar-refractivity contribution in [1.82, 2.24) is 9.97 Å². The van der Waals surface area contributed by atoms with Crippen LogP contribution in [0.5, 0.6) is 11.5 Å². The van der Waals surface area contributed by atoms with Gasteiger partial charge in [-0.2, -0.15) is 0 Å². The highest BCUT2D eigenvalue weighted by Gasteiger charge is 2.31. The molecular weight excluding hydrogens is 445 g/mol. The summed E-state index contributed by atoms with van der Waals surface area (Å²) in [6.45, 7) is 2.58. The number of carbonyl (C=O) groups is 1. The number of H-pyrrole nitrogens is 1. The Balaban J connectivity index is 1.62. The maximum atomic E-state index is 13.1. The first-order valence-corrected chi connectivity index (χ1v) is 11.6. The van der Waals surface area contributed by atoms with E-state index in [-0.39, 0.29) is 29.5 Å². The Morgan fingerprint density at radius 2 is 1.94 bits per heavy atom. The summed E-state index contributed by atoms with van der Waals surface area (Å²) >= 11 is 1.30. The Bertz CT molecular complexity index is 1210. The topological polar surface area (TPSA) is 93.3 Å². The van der Waals surface area contributed by atoms with E-state index >= 15 is 0 Å². The second-order valence-electron chi connectivity index (χ2n) is 7.61. The average Bonchev–Trinajstić information content (AvgIpc) is 2.81. The first-order valence-electron chi connectivity index (χ1n) is 10.6. The van der Waals surface area contributed by atoms with Crippen molar-refractivity contribution in [2.24, 2.45) is 0 Å². The van der Waals surface area contributed by atoms with Crippen molar-refractivity contribution in [3.8, 4) is 11.5 Å². The van der Waals surface area contributed by atoms with Crippen molar-refractivity contribution in [2.45, 2.75) is 36.6 Å². The van der Waals surface area contributed by atoms with E-state index < -0.39 is 5.92 Å². The minimum atomic E-state index is -0.463. The van der Waals surface area contributed by atoms with Gasteiger partial charge in [-0.05, 0) is 41.8 Å². The molecule has 2 aromatic carbocycles. The zero-order valence-corrected chi connectivity index (χ0v) is 19.1. The second kappa shape index (κ2) is 10.1. The molecule has 0 radical (unpaired) electrons. The molecule has 1 aromatic heterocycles. The van der Waals surface area contributed by atoms with Gasteiger partial charge in [-0.25, -0.2) is 9.37 Å². The van der Waals surface area contributed by atoms with Gasteiger partial charge in [0.1, 0.15) is 11.6 Å². The van der Waals surface area contributed by atoms with Gasteiger partial charge >= 0.3 is 0 Å². The summed E-state index contributed by atoms with van der Waals surface area (Å²) in [5.74, 6) is 0.926. The Hall–Kier alpha value is -3.33. The van der Waals surface area contributed by atoms with Crippen molar-refractivity contribution >= 4 is 23.5 Å². The SMILES string of the molecule is CCCOc1ccc([C@@H]2CC(=O)Nc3nc(SCc4ccc(F)cc4)[nH]c(=O)c32)cc1OC. The highest BCUT2D eigenvalue weighted by molar-refractivity contribution is 7.98. The van der Waals surface area contributed by atoms with Crippen LogP contribution in [-0.4, -0.2) is 29.6 Å². The number of fused-ring (bicyclic) bond motifs is 1. The number of aromatic amines is 1. The molecule has 9 heteroatoms. The molecule has 0 fully saturated rings. The molecule has 0 bridgehead atoms. The largest absolute Gasteiger partial charge is 0.493 e. The number of thioether (sulfide) groups is 1. The lowest BCUT2D eigenvalue weighted by Gasteiger charge is -2.25. The fraction of sp³-hybridized carbons (Fsp3) is 0.292. The summed E-state index contributed by atoms with van der Waals surface area (Å²) in [5, 5.41) is 3.11. The number of methoxy groups -OCH3 is 1. The predicted molar refractivity (Wildman–Crippen MR) is 125 cm³/mol. The second-order valence-corrected chi connectivity index (χ2v) is 8.58. The van der Waals surface area contributed by atoms with E-state index in [0.717, 1.165) is 17.5 Å². The molecule has 0 saturated carbocycles. The Kier molecular flexibility index (Phi) is 6.98. The summed E-state index contributed by atoms with van der Waals surface area (Å²) in [5.41, 5.74) is 1.76. The lowest BCUT2D eigenvalue weighted by Crippen LogP contribution is -2.31. The van der Waals surface area contributed by atoms with Crippen LogP contribution in [0.4, 0.5) is 10.2 Å². The first kappa shape index (κ1) is 22.8. The fourth-order valence-corrected chi connectivity index (χ4v) is 4.48. The van der Waals surface area contributed by atoms with Crippen LogP contribution in [0.2, 0.25) is 0 Å². The Morgan fingerprint density at radius 3 is 2.67 bits per heavy atom. The molecule has 0 spiro atoms. The number of aromatic nitrogens is 2. The van der Waals surface area contributed by atoms with Gasteiger partial charge in [0.05, 0.1) is 19.3 Å². The van der Waals surface area contributed by atoms with Gasteiger partial charge < -0.3 is 19.8 Å². The monoisotopic (exact) mass is 469 g/mol. The van der Waals surface area contributed by atoms with Crippen molar-refractivity contribution < 1.29 is 18.7 Å². The molecule has 1 atom stereocenters. The number of amides is 1. The predicted octanol–water partition coefficient (Wildman–Crippen LogP) is 4.47. The highest BCUT2D eigenvalue weighted by Crippen LogP contribution is 2.38. The van der Waals surface area contributed by atoms with Gasteiger partial charge in [0.25, 0.3) is 5.56 Å². The van der Waals surface area contributed by atoms with Gasteiger partial charge in [0.15, 0.2) is 16.7 Å². The number of nitrogens with zero attached hydrogens (tertiary/aromatic N) is 1. The molecule has 0 unspecified atom stereocenters. The van der Waals surface area contributed by atoms with Crippen molar-refractivity contribution in [1.29, 1.82) is 0 Å². The Labute approximate surface area is 194 Å². The third-order valence-corrected chi connectivity index (χ3v) is 6.21. The van der Waals surface area contributed by atoms with Crippen molar-refractivity contribution in [2.75, 3.05) is 19.0 Å². The summed E-state index contributed by atoms with van der Waals surface area (Å²) in [6.07, 6.45) is 0.988. The quantitative estimate of drug-likeness (QED) is 0.373. The summed E-state index contributed by atoms with van der Waals surface area (Å²) in [6, 6.07) is 11.6. The van der Waals surface area contributed by atoms with Gasteiger partial charge in [-0.15, -0.1) is 0 Å². The molecule has 7 nitrogen and oxygen atoms in total. The van der Waals surface area contributed by atoms with Crippen LogP contribution in [0.3, 0.4) is 0 Å². The van der Waals surface area contributed by atoms with Crippen LogP contribution < -0.4 is 20.3 Å². The number of benzene rings is 2. The molecule has 4 rings (SSSR count). The van der Waals surface area contributed by atoms with Crippen molar-refractivity contribution in [3.05, 3.63) is 75.3 Å². The summed E-state index contributed by atoms with van der Waals surface area (Å²) in [7, 11) is 1.55. The molecule has 33 heavy (non-hydrogen) atoms. The lowest BCUT2D eigenvalue weighted by atomic mass is 9.86. The minimum absolute atomic E-state index is 0.123. The van der Waals surface area contributed by atoms with Crippen LogP contribution in [0, 0.1) is 5.82 Å². The van der Waals surface area contributed by atoms with E-state index in [2.05, 4.69) is 15.3 Å². The number of carbonyl (C=O) groups excluding carboxylic acids is 1. The average molecular weight is 470 g/mol. The van der Waals surface area contributed by atoms with Gasteiger partial charge in [0, 0.05) is 18.1 Å². The molecule has 2 heterocycles. The van der Waals surface area contributed by atoms with E-state index in [1.54, 1.807) is 31.4 Å². The zero-order valence-electron chi connectivity index (χ0n) is 18.3. The number of hydrogen-bond acceptors (Lipinski definition) is 6. The summed E-state index contributed by atoms with van der Waals surface area (Å²) in [4.78, 5) is 32.8. The molecular formula is C24H24FN3O4S. The maximum absolute atomic E-state index is 13.1. The molecule has 1 aliphatic heterocycles. The molecule has 0 aliphatic carbocycles. The highest BCUT2D eigenvalue weighted by atomic mass is 32.2. The third-order valence-electron chi connectivity index (χ3n) is 5.27. The van der Waals surface area contributed by atoms with E-state index in [9.17, 15) is 14.0 Å². The van der Waals surface area contributed by atoms with Crippen LogP contribution in [0.1, 0.15) is 42.4 Å². The number of nitrogens with one attached hydrogen (secondary N) is 2. The van der Waals surface area contributed by atoms with Gasteiger partial charge in [0.2, 0.25) is 5.91 Å².